The summed E-state index contributed by atoms with van der Waals surface area (Å²) in [6.45, 7) is 4.99. The van der Waals surface area contributed by atoms with Crippen LogP contribution >= 0.6 is 11.3 Å². The van der Waals surface area contributed by atoms with Gasteiger partial charge < -0.3 is 15.3 Å². The maximum Gasteiger partial charge on any atom is 0.321 e. The highest BCUT2D eigenvalue weighted by Crippen LogP contribution is 2.31. The summed E-state index contributed by atoms with van der Waals surface area (Å²) in [4.78, 5) is 31.4. The number of aromatic nitrogens is 1. The number of amides is 2. The van der Waals surface area contributed by atoms with E-state index in [2.05, 4.69) is 34.6 Å². The predicted molar refractivity (Wildman–Crippen MR) is 136 cm³/mol. The molecule has 0 radical (unpaired) electrons. The van der Waals surface area contributed by atoms with Crippen molar-refractivity contribution < 1.29 is 14.7 Å². The summed E-state index contributed by atoms with van der Waals surface area (Å²) >= 11 is 1.58. The molecule has 178 valence electrons. The molecule has 1 aliphatic rings. The van der Waals surface area contributed by atoms with Crippen molar-refractivity contribution in [2.45, 2.75) is 45.4 Å². The minimum absolute atomic E-state index is 0.0552. The standard InChI is InChI=1S/C27H31N3O3S/c1-27(2,25(31)32)15-12-24-28-18-23(34-24)21-8-10-22(11-9-21)29-26(33)30-16-13-20(14-17-30)19-6-4-3-5-7-19/h3-11,18,20H,12-17H2,1-2H3,(H,29,33)(H,31,32). The third-order valence-electron chi connectivity index (χ3n) is 6.57. The number of aliphatic carboxylic acids is 1. The van der Waals surface area contributed by atoms with E-state index in [0.29, 0.717) is 18.8 Å². The average molecular weight is 478 g/mol. The first-order chi connectivity index (χ1) is 16.3. The Morgan fingerprint density at radius 2 is 1.76 bits per heavy atom. The van der Waals surface area contributed by atoms with Gasteiger partial charge in [0.2, 0.25) is 0 Å². The number of anilines is 1. The number of hydrogen-bond donors (Lipinski definition) is 2. The summed E-state index contributed by atoms with van der Waals surface area (Å²) in [7, 11) is 0. The molecule has 1 aliphatic heterocycles. The number of aryl methyl sites for hydroxylation is 1. The minimum Gasteiger partial charge on any atom is -0.481 e. The van der Waals surface area contributed by atoms with Crippen molar-refractivity contribution in [2.75, 3.05) is 18.4 Å². The molecule has 0 unspecified atom stereocenters. The maximum atomic E-state index is 12.7. The number of rotatable bonds is 7. The Bertz CT molecular complexity index is 1120. The molecular formula is C27H31N3O3S. The Morgan fingerprint density at radius 3 is 2.41 bits per heavy atom. The zero-order valence-electron chi connectivity index (χ0n) is 19.7. The number of carbonyl (C=O) groups is 2. The maximum absolute atomic E-state index is 12.7. The summed E-state index contributed by atoms with van der Waals surface area (Å²) in [5.74, 6) is -0.272. The lowest BCUT2D eigenvalue weighted by Crippen LogP contribution is -2.40. The monoisotopic (exact) mass is 477 g/mol. The third kappa shape index (κ3) is 5.83. The van der Waals surface area contributed by atoms with Crippen molar-refractivity contribution in [3.05, 3.63) is 71.4 Å². The van der Waals surface area contributed by atoms with Gasteiger partial charge >= 0.3 is 12.0 Å². The van der Waals surface area contributed by atoms with Gasteiger partial charge in [-0.2, -0.15) is 0 Å². The number of nitrogens with one attached hydrogen (secondary N) is 1. The molecule has 0 aliphatic carbocycles. The van der Waals surface area contributed by atoms with Crippen LogP contribution in [0.25, 0.3) is 10.4 Å². The van der Waals surface area contributed by atoms with Crippen molar-refractivity contribution in [3.63, 3.8) is 0 Å². The van der Waals surface area contributed by atoms with Gasteiger partial charge in [-0.3, -0.25) is 4.79 Å². The highest BCUT2D eigenvalue weighted by molar-refractivity contribution is 7.15. The lowest BCUT2D eigenvalue weighted by molar-refractivity contribution is -0.147. The molecule has 2 heterocycles. The molecular weight excluding hydrogens is 446 g/mol. The molecule has 0 atom stereocenters. The highest BCUT2D eigenvalue weighted by atomic mass is 32.1. The van der Waals surface area contributed by atoms with Crippen molar-refractivity contribution in [3.8, 4) is 10.4 Å². The molecule has 4 rings (SSSR count). The molecule has 3 aromatic rings. The summed E-state index contributed by atoms with van der Waals surface area (Å²) in [6, 6.07) is 18.3. The lowest BCUT2D eigenvalue weighted by atomic mass is 9.88. The Balaban J connectivity index is 1.29. The fourth-order valence-corrected chi connectivity index (χ4v) is 5.07. The number of carbonyl (C=O) groups excluding carboxylic acids is 1. The second kappa shape index (κ2) is 10.4. The molecule has 7 heteroatoms. The fraction of sp³-hybridized carbons (Fsp3) is 0.370. The molecule has 0 saturated carbocycles. The molecule has 0 spiro atoms. The molecule has 6 nitrogen and oxygen atoms in total. The zero-order valence-corrected chi connectivity index (χ0v) is 20.5. The van der Waals surface area contributed by atoms with Gasteiger partial charge in [0, 0.05) is 31.4 Å². The van der Waals surface area contributed by atoms with Gasteiger partial charge in [-0.25, -0.2) is 9.78 Å². The van der Waals surface area contributed by atoms with Gasteiger partial charge in [0.25, 0.3) is 0 Å². The first-order valence-electron chi connectivity index (χ1n) is 11.7. The normalized spacial score (nSPS) is 14.7. The Morgan fingerprint density at radius 1 is 1.09 bits per heavy atom. The van der Waals surface area contributed by atoms with Crippen LogP contribution in [0.15, 0.2) is 60.8 Å². The summed E-state index contributed by atoms with van der Waals surface area (Å²) in [5, 5.41) is 13.2. The van der Waals surface area contributed by atoms with Crippen LogP contribution in [0.2, 0.25) is 0 Å². The molecule has 1 aromatic heterocycles. The number of carboxylic acids is 1. The van der Waals surface area contributed by atoms with E-state index in [0.717, 1.165) is 47.1 Å². The van der Waals surface area contributed by atoms with Crippen molar-refractivity contribution in [1.29, 1.82) is 0 Å². The number of carboxylic acid groups (broad SMARTS) is 1. The van der Waals surface area contributed by atoms with Gasteiger partial charge in [0.15, 0.2) is 0 Å². The number of piperidine rings is 1. The summed E-state index contributed by atoms with van der Waals surface area (Å²) in [5.41, 5.74) is 2.40. The topological polar surface area (TPSA) is 82.5 Å². The summed E-state index contributed by atoms with van der Waals surface area (Å²) in [6.07, 6.45) is 4.97. The number of thiazole rings is 1. The fourth-order valence-electron chi connectivity index (χ4n) is 4.15. The average Bonchev–Trinajstić information content (AvgIpc) is 3.33. The second-order valence-electron chi connectivity index (χ2n) is 9.49. The minimum atomic E-state index is -0.789. The van der Waals surface area contributed by atoms with Crippen LogP contribution in [0, 0.1) is 5.41 Å². The smallest absolute Gasteiger partial charge is 0.321 e. The quantitative estimate of drug-likeness (QED) is 0.420. The SMILES string of the molecule is CC(C)(CCc1ncc(-c2ccc(NC(=O)N3CCC(c4ccccc4)CC3)cc2)s1)C(=O)O. The Kier molecular flexibility index (Phi) is 7.32. The molecule has 1 saturated heterocycles. The van der Waals surface area contributed by atoms with Crippen LogP contribution in [0.3, 0.4) is 0 Å². The number of nitrogens with zero attached hydrogens (tertiary/aromatic N) is 2. The third-order valence-corrected chi connectivity index (χ3v) is 7.68. The molecule has 2 N–H and O–H groups in total. The number of benzene rings is 2. The van der Waals surface area contributed by atoms with Gasteiger partial charge in [-0.05, 0) is 62.3 Å². The van der Waals surface area contributed by atoms with Crippen LogP contribution in [-0.2, 0) is 11.2 Å². The number of urea groups is 1. The molecule has 34 heavy (non-hydrogen) atoms. The summed E-state index contributed by atoms with van der Waals surface area (Å²) < 4.78 is 0. The highest BCUT2D eigenvalue weighted by Gasteiger charge is 2.27. The van der Waals surface area contributed by atoms with Crippen LogP contribution in [0.1, 0.15) is 49.6 Å². The van der Waals surface area contributed by atoms with E-state index < -0.39 is 11.4 Å². The zero-order chi connectivity index (χ0) is 24.1. The van der Waals surface area contributed by atoms with Crippen molar-refractivity contribution in [1.82, 2.24) is 9.88 Å². The van der Waals surface area contributed by atoms with Gasteiger partial charge in [-0.1, -0.05) is 42.5 Å². The van der Waals surface area contributed by atoms with E-state index in [9.17, 15) is 14.7 Å². The largest absolute Gasteiger partial charge is 0.481 e. The first-order valence-corrected chi connectivity index (χ1v) is 12.5. The van der Waals surface area contributed by atoms with E-state index in [1.165, 1.54) is 5.56 Å². The predicted octanol–water partition coefficient (Wildman–Crippen LogP) is 6.27. The van der Waals surface area contributed by atoms with Gasteiger partial charge in [0.1, 0.15) is 0 Å². The van der Waals surface area contributed by atoms with E-state index >= 15 is 0 Å². The Hall–Kier alpha value is -3.19. The lowest BCUT2D eigenvalue weighted by Gasteiger charge is -2.32. The Labute approximate surface area is 204 Å². The van der Waals surface area contributed by atoms with Gasteiger partial charge in [0.05, 0.1) is 15.3 Å². The van der Waals surface area contributed by atoms with E-state index in [1.807, 2.05) is 41.4 Å². The first kappa shape index (κ1) is 24.0. The van der Waals surface area contributed by atoms with E-state index in [1.54, 1.807) is 25.2 Å². The number of likely N-dealkylation sites (tertiary alicyclic amines) is 1. The van der Waals surface area contributed by atoms with Crippen LogP contribution < -0.4 is 5.32 Å². The van der Waals surface area contributed by atoms with Gasteiger partial charge in [-0.15, -0.1) is 11.3 Å². The van der Waals surface area contributed by atoms with E-state index in [-0.39, 0.29) is 6.03 Å². The van der Waals surface area contributed by atoms with E-state index in [4.69, 9.17) is 0 Å². The van der Waals surface area contributed by atoms with Crippen LogP contribution in [0.5, 0.6) is 0 Å². The number of hydrogen-bond acceptors (Lipinski definition) is 4. The van der Waals surface area contributed by atoms with Crippen LogP contribution in [0.4, 0.5) is 10.5 Å². The van der Waals surface area contributed by atoms with Crippen molar-refractivity contribution >= 4 is 29.0 Å². The second-order valence-corrected chi connectivity index (χ2v) is 10.6. The van der Waals surface area contributed by atoms with Crippen LogP contribution in [-0.4, -0.2) is 40.1 Å². The molecule has 0 bridgehead atoms. The molecule has 1 fully saturated rings. The van der Waals surface area contributed by atoms with Crippen molar-refractivity contribution in [2.24, 2.45) is 5.41 Å². The molecule has 2 aromatic carbocycles. The molecule has 2 amide bonds.